The molecule has 1 saturated heterocycles. The van der Waals surface area contributed by atoms with Crippen LogP contribution < -0.4 is 10.6 Å². The molecule has 18 heavy (non-hydrogen) atoms. The minimum atomic E-state index is -0.617. The van der Waals surface area contributed by atoms with Crippen LogP contribution in [0.1, 0.15) is 12.5 Å². The van der Waals surface area contributed by atoms with E-state index in [1.54, 1.807) is 6.07 Å². The summed E-state index contributed by atoms with van der Waals surface area (Å²) in [6.45, 7) is 3.48. The van der Waals surface area contributed by atoms with Crippen LogP contribution in [-0.2, 0) is 4.79 Å². The van der Waals surface area contributed by atoms with Gasteiger partial charge in [-0.1, -0.05) is 13.0 Å². The van der Waals surface area contributed by atoms with Gasteiger partial charge in [0.25, 0.3) is 0 Å². The topological polar surface area (TPSA) is 64.9 Å². The van der Waals surface area contributed by atoms with Gasteiger partial charge in [-0.15, -0.1) is 0 Å². The maximum absolute atomic E-state index is 13.4. The van der Waals surface area contributed by atoms with Gasteiger partial charge in [0.05, 0.1) is 5.69 Å². The van der Waals surface area contributed by atoms with Gasteiger partial charge in [0, 0.05) is 5.92 Å². The average molecular weight is 247 g/mol. The molecule has 5 heteroatoms. The van der Waals surface area contributed by atoms with Crippen LogP contribution in [-0.4, -0.2) is 19.0 Å². The van der Waals surface area contributed by atoms with Crippen LogP contribution in [0.4, 0.5) is 10.1 Å². The lowest BCUT2D eigenvalue weighted by Crippen LogP contribution is -2.48. The summed E-state index contributed by atoms with van der Waals surface area (Å²) in [6, 6.07) is 5.97. The molecule has 2 rings (SSSR count). The van der Waals surface area contributed by atoms with E-state index in [9.17, 15) is 9.18 Å². The number of nitrogens with zero attached hydrogens (tertiary/aromatic N) is 1. The lowest BCUT2D eigenvalue weighted by molar-refractivity contribution is -0.121. The van der Waals surface area contributed by atoms with Crippen LogP contribution in [0.2, 0.25) is 0 Å². The van der Waals surface area contributed by atoms with Crippen molar-refractivity contribution in [1.82, 2.24) is 5.32 Å². The van der Waals surface area contributed by atoms with Crippen molar-refractivity contribution in [3.8, 4) is 6.07 Å². The monoisotopic (exact) mass is 247 g/mol. The number of hydrogen-bond acceptors (Lipinski definition) is 3. The van der Waals surface area contributed by atoms with Crippen LogP contribution in [0.15, 0.2) is 18.2 Å². The fraction of sp³-hybridized carbons (Fsp3) is 0.385. The molecule has 0 saturated carbocycles. The normalized spacial score (nSPS) is 16.5. The van der Waals surface area contributed by atoms with E-state index >= 15 is 0 Å². The quantitative estimate of drug-likeness (QED) is 0.850. The maximum Gasteiger partial charge on any atom is 0.227 e. The molecule has 1 aromatic rings. The van der Waals surface area contributed by atoms with Crippen LogP contribution in [0.25, 0.3) is 0 Å². The van der Waals surface area contributed by atoms with Crippen molar-refractivity contribution in [1.29, 1.82) is 5.26 Å². The summed E-state index contributed by atoms with van der Waals surface area (Å²) >= 11 is 0. The van der Waals surface area contributed by atoms with E-state index in [0.717, 1.165) is 13.1 Å². The third-order valence-corrected chi connectivity index (χ3v) is 3.32. The Morgan fingerprint density at radius 1 is 1.61 bits per heavy atom. The first kappa shape index (κ1) is 12.5. The highest BCUT2D eigenvalue weighted by Gasteiger charge is 2.29. The van der Waals surface area contributed by atoms with Crippen LogP contribution >= 0.6 is 0 Å². The number of nitriles is 1. The van der Waals surface area contributed by atoms with Gasteiger partial charge in [-0.2, -0.15) is 5.26 Å². The SMILES string of the molecule is CC(C(=O)Nc1cccc(F)c1C#N)C1CNC1. The van der Waals surface area contributed by atoms with Crippen molar-refractivity contribution in [3.63, 3.8) is 0 Å². The van der Waals surface area contributed by atoms with Gasteiger partial charge in [-0.25, -0.2) is 4.39 Å². The summed E-state index contributed by atoms with van der Waals surface area (Å²) in [5.74, 6) is -0.637. The molecular weight excluding hydrogens is 233 g/mol. The Hall–Kier alpha value is -1.93. The van der Waals surface area contributed by atoms with E-state index in [1.807, 2.05) is 6.92 Å². The Kier molecular flexibility index (Phi) is 3.58. The van der Waals surface area contributed by atoms with E-state index in [2.05, 4.69) is 10.6 Å². The van der Waals surface area contributed by atoms with Crippen LogP contribution in [0, 0.1) is 29.0 Å². The van der Waals surface area contributed by atoms with Crippen molar-refractivity contribution in [2.75, 3.05) is 18.4 Å². The molecular formula is C13H14FN3O. The predicted octanol–water partition coefficient (Wildman–Crippen LogP) is 1.49. The maximum atomic E-state index is 13.4. The fourth-order valence-corrected chi connectivity index (χ4v) is 1.87. The molecule has 0 bridgehead atoms. The summed E-state index contributed by atoms with van der Waals surface area (Å²) in [5.41, 5.74) is 0.117. The van der Waals surface area contributed by atoms with Gasteiger partial charge in [0.2, 0.25) is 5.91 Å². The van der Waals surface area contributed by atoms with Gasteiger partial charge in [0.15, 0.2) is 0 Å². The predicted molar refractivity (Wildman–Crippen MR) is 65.3 cm³/mol. The first-order chi connectivity index (χ1) is 8.63. The molecule has 1 aliphatic heterocycles. The highest BCUT2D eigenvalue weighted by atomic mass is 19.1. The van der Waals surface area contributed by atoms with Crippen molar-refractivity contribution >= 4 is 11.6 Å². The van der Waals surface area contributed by atoms with E-state index in [0.29, 0.717) is 5.92 Å². The summed E-state index contributed by atoms with van der Waals surface area (Å²) in [5, 5.41) is 14.6. The molecule has 0 radical (unpaired) electrons. The van der Waals surface area contributed by atoms with Crippen LogP contribution in [0.5, 0.6) is 0 Å². The Morgan fingerprint density at radius 3 is 2.89 bits per heavy atom. The first-order valence-electron chi connectivity index (χ1n) is 5.83. The second-order valence-corrected chi connectivity index (χ2v) is 4.47. The summed E-state index contributed by atoms with van der Waals surface area (Å²) < 4.78 is 13.4. The number of carbonyl (C=O) groups is 1. The first-order valence-corrected chi connectivity index (χ1v) is 5.83. The van der Waals surface area contributed by atoms with Crippen LogP contribution in [0.3, 0.4) is 0 Å². The molecule has 1 unspecified atom stereocenters. The number of nitrogens with one attached hydrogen (secondary N) is 2. The molecule has 2 N–H and O–H groups in total. The highest BCUT2D eigenvalue weighted by molar-refractivity contribution is 5.93. The molecule has 1 fully saturated rings. The fourth-order valence-electron chi connectivity index (χ4n) is 1.87. The number of anilines is 1. The molecule has 0 spiro atoms. The Bertz CT molecular complexity index is 505. The molecule has 94 valence electrons. The summed E-state index contributed by atoms with van der Waals surface area (Å²) in [6.07, 6.45) is 0. The molecule has 1 amide bonds. The van der Waals surface area contributed by atoms with Gasteiger partial charge < -0.3 is 10.6 Å². The van der Waals surface area contributed by atoms with Crippen molar-refractivity contribution in [3.05, 3.63) is 29.6 Å². The number of halogens is 1. The second kappa shape index (κ2) is 5.15. The molecule has 1 aromatic carbocycles. The van der Waals surface area contributed by atoms with E-state index in [-0.39, 0.29) is 23.1 Å². The lowest BCUT2D eigenvalue weighted by Gasteiger charge is -2.31. The largest absolute Gasteiger partial charge is 0.325 e. The van der Waals surface area contributed by atoms with Crippen molar-refractivity contribution < 1.29 is 9.18 Å². The molecule has 0 aliphatic carbocycles. The van der Waals surface area contributed by atoms with Crippen molar-refractivity contribution in [2.45, 2.75) is 6.92 Å². The molecule has 1 atom stereocenters. The van der Waals surface area contributed by atoms with Gasteiger partial charge in [0.1, 0.15) is 17.4 Å². The zero-order chi connectivity index (χ0) is 13.1. The second-order valence-electron chi connectivity index (χ2n) is 4.47. The third kappa shape index (κ3) is 2.34. The lowest BCUT2D eigenvalue weighted by atomic mass is 9.88. The number of benzene rings is 1. The van der Waals surface area contributed by atoms with Gasteiger partial charge >= 0.3 is 0 Å². The minimum absolute atomic E-state index is 0.121. The Morgan fingerprint density at radius 2 is 2.33 bits per heavy atom. The standard InChI is InChI=1S/C13H14FN3O/c1-8(9-6-16-7-9)13(18)17-12-4-2-3-11(14)10(12)5-15/h2-4,8-9,16H,6-7H2,1H3,(H,17,18). The Labute approximate surface area is 105 Å². The van der Waals surface area contributed by atoms with Gasteiger partial charge in [-0.3, -0.25) is 4.79 Å². The molecule has 4 nitrogen and oxygen atoms in total. The summed E-state index contributed by atoms with van der Waals surface area (Å²) in [7, 11) is 0. The summed E-state index contributed by atoms with van der Waals surface area (Å²) in [4.78, 5) is 12.0. The molecule has 0 aromatic heterocycles. The number of amides is 1. The van der Waals surface area contributed by atoms with E-state index in [1.165, 1.54) is 18.2 Å². The highest BCUT2D eigenvalue weighted by Crippen LogP contribution is 2.21. The third-order valence-electron chi connectivity index (χ3n) is 3.32. The van der Waals surface area contributed by atoms with Gasteiger partial charge in [-0.05, 0) is 31.1 Å². The Balaban J connectivity index is 2.11. The number of rotatable bonds is 3. The molecule has 1 aliphatic rings. The van der Waals surface area contributed by atoms with Crippen molar-refractivity contribution in [2.24, 2.45) is 11.8 Å². The zero-order valence-electron chi connectivity index (χ0n) is 10.0. The number of carbonyl (C=O) groups excluding carboxylic acids is 1. The average Bonchev–Trinajstić information content (AvgIpc) is 2.27. The molecule has 1 heterocycles. The number of hydrogen-bond donors (Lipinski definition) is 2. The minimum Gasteiger partial charge on any atom is -0.325 e. The van der Waals surface area contributed by atoms with E-state index < -0.39 is 5.82 Å². The van der Waals surface area contributed by atoms with E-state index in [4.69, 9.17) is 5.26 Å². The smallest absolute Gasteiger partial charge is 0.227 e. The zero-order valence-corrected chi connectivity index (χ0v) is 10.0.